The third kappa shape index (κ3) is 2.96. The number of hydrogen-bond donors (Lipinski definition) is 1. The molecule has 1 amide bonds. The molecule has 1 unspecified atom stereocenters. The lowest BCUT2D eigenvalue weighted by Crippen LogP contribution is -2.41. The third-order valence-corrected chi connectivity index (χ3v) is 6.17. The lowest BCUT2D eigenvalue weighted by Gasteiger charge is -2.32. The third-order valence-electron chi connectivity index (χ3n) is 4.82. The highest BCUT2D eigenvalue weighted by Crippen LogP contribution is 2.37. The van der Waals surface area contributed by atoms with Gasteiger partial charge in [-0.15, -0.1) is 11.3 Å². The van der Waals surface area contributed by atoms with Crippen LogP contribution in [0.4, 0.5) is 0 Å². The van der Waals surface area contributed by atoms with Crippen molar-refractivity contribution in [1.82, 2.24) is 10.3 Å². The summed E-state index contributed by atoms with van der Waals surface area (Å²) < 4.78 is 13.4. The summed E-state index contributed by atoms with van der Waals surface area (Å²) in [6.45, 7) is 11.7. The van der Waals surface area contributed by atoms with E-state index in [1.54, 1.807) is 17.5 Å². The summed E-state index contributed by atoms with van der Waals surface area (Å²) in [4.78, 5) is 16.8. The van der Waals surface area contributed by atoms with Gasteiger partial charge in [0.2, 0.25) is 5.91 Å². The van der Waals surface area contributed by atoms with E-state index in [1.165, 1.54) is 6.92 Å². The molecule has 0 radical (unpaired) electrons. The van der Waals surface area contributed by atoms with E-state index in [9.17, 15) is 4.79 Å². The molecular weight excluding hydrogens is 323 g/mol. The quantitative estimate of drug-likeness (QED) is 0.869. The molecule has 2 aromatic heterocycles. The van der Waals surface area contributed by atoms with Crippen molar-refractivity contribution in [3.05, 3.63) is 23.2 Å². The number of rotatable bonds is 3. The van der Waals surface area contributed by atoms with Crippen LogP contribution in [0.15, 0.2) is 18.3 Å². The Kier molecular flexibility index (Phi) is 4.22. The number of nitrogens with one attached hydrogen (secondary N) is 1. The maximum absolute atomic E-state index is 11.3. The summed E-state index contributed by atoms with van der Waals surface area (Å²) in [7, 11) is -0.414. The molecule has 5 nitrogen and oxygen atoms in total. The fourth-order valence-electron chi connectivity index (χ4n) is 2.72. The maximum Gasteiger partial charge on any atom is 0.496 e. The van der Waals surface area contributed by atoms with Gasteiger partial charge in [-0.3, -0.25) is 9.78 Å². The van der Waals surface area contributed by atoms with Crippen LogP contribution >= 0.6 is 11.3 Å². The van der Waals surface area contributed by atoms with Gasteiger partial charge in [-0.1, -0.05) is 0 Å². The minimum Gasteiger partial charge on any atom is -0.399 e. The van der Waals surface area contributed by atoms with Crippen molar-refractivity contribution < 1.29 is 14.1 Å². The zero-order valence-electron chi connectivity index (χ0n) is 15.0. The molecule has 2 aromatic rings. The Hall–Kier alpha value is -1.44. The zero-order chi connectivity index (χ0) is 17.7. The number of thiophene rings is 1. The topological polar surface area (TPSA) is 60.5 Å². The van der Waals surface area contributed by atoms with Crippen LogP contribution in [-0.2, 0) is 14.1 Å². The van der Waals surface area contributed by atoms with Gasteiger partial charge in [0.1, 0.15) is 0 Å². The van der Waals surface area contributed by atoms with E-state index in [0.29, 0.717) is 0 Å². The highest BCUT2D eigenvalue weighted by molar-refractivity contribution is 7.20. The molecule has 1 aliphatic rings. The summed E-state index contributed by atoms with van der Waals surface area (Å²) in [5, 5.41) is 2.92. The Morgan fingerprint density at radius 3 is 2.50 bits per heavy atom. The number of pyridine rings is 1. The van der Waals surface area contributed by atoms with Gasteiger partial charge in [-0.25, -0.2) is 0 Å². The molecule has 128 valence electrons. The van der Waals surface area contributed by atoms with Crippen molar-refractivity contribution in [2.24, 2.45) is 0 Å². The first-order valence-corrected chi connectivity index (χ1v) is 8.93. The molecule has 7 heteroatoms. The number of fused-ring (bicyclic) bond motifs is 1. The smallest absolute Gasteiger partial charge is 0.399 e. The summed E-state index contributed by atoms with van der Waals surface area (Å²) >= 11 is 1.62. The van der Waals surface area contributed by atoms with Crippen molar-refractivity contribution in [2.75, 3.05) is 0 Å². The van der Waals surface area contributed by atoms with Gasteiger partial charge >= 0.3 is 7.12 Å². The molecule has 0 aliphatic carbocycles. The van der Waals surface area contributed by atoms with Crippen molar-refractivity contribution in [3.63, 3.8) is 0 Å². The van der Waals surface area contributed by atoms with Crippen molar-refractivity contribution >= 4 is 40.0 Å². The average molecular weight is 346 g/mol. The predicted octanol–water partition coefficient (Wildman–Crippen LogP) is 2.79. The first kappa shape index (κ1) is 17.4. The molecular formula is C17H23BN2O3S. The van der Waals surface area contributed by atoms with Gasteiger partial charge in [-0.2, -0.15) is 0 Å². The lowest BCUT2D eigenvalue weighted by molar-refractivity contribution is -0.119. The molecule has 1 aliphatic heterocycles. The van der Waals surface area contributed by atoms with E-state index in [2.05, 4.69) is 10.3 Å². The Morgan fingerprint density at radius 2 is 1.92 bits per heavy atom. The van der Waals surface area contributed by atoms with E-state index in [1.807, 2.05) is 46.8 Å². The van der Waals surface area contributed by atoms with E-state index >= 15 is 0 Å². The van der Waals surface area contributed by atoms with E-state index in [4.69, 9.17) is 9.31 Å². The van der Waals surface area contributed by atoms with Crippen molar-refractivity contribution in [3.8, 4) is 0 Å². The summed E-state index contributed by atoms with van der Waals surface area (Å²) in [5.41, 5.74) is 1.14. The molecule has 0 saturated carbocycles. The van der Waals surface area contributed by atoms with Gasteiger partial charge in [0, 0.05) is 23.5 Å². The van der Waals surface area contributed by atoms with Crippen LogP contribution in [0.3, 0.4) is 0 Å². The van der Waals surface area contributed by atoms with Gasteiger partial charge in [0.25, 0.3) is 0 Å². The molecule has 3 rings (SSSR count). The fraction of sp³-hybridized carbons (Fsp3) is 0.529. The molecule has 1 fully saturated rings. The Morgan fingerprint density at radius 1 is 1.29 bits per heavy atom. The summed E-state index contributed by atoms with van der Waals surface area (Å²) in [6.07, 6.45) is 1.78. The highest BCUT2D eigenvalue weighted by Gasteiger charge is 2.52. The maximum atomic E-state index is 11.3. The molecule has 1 atom stereocenters. The number of nitrogens with zero attached hydrogens (tertiary/aromatic N) is 1. The summed E-state index contributed by atoms with van der Waals surface area (Å²) in [6, 6.07) is 3.93. The number of hydrogen-bond acceptors (Lipinski definition) is 5. The van der Waals surface area contributed by atoms with Gasteiger partial charge < -0.3 is 14.6 Å². The Balaban J connectivity index is 1.98. The van der Waals surface area contributed by atoms with Crippen LogP contribution in [0.25, 0.3) is 10.2 Å². The van der Waals surface area contributed by atoms with Crippen LogP contribution in [0.5, 0.6) is 0 Å². The molecule has 3 heterocycles. The minimum atomic E-state index is -0.414. The number of carbonyl (C=O) groups excluding carboxylic acids is 1. The highest BCUT2D eigenvalue weighted by atomic mass is 32.1. The van der Waals surface area contributed by atoms with Crippen molar-refractivity contribution in [2.45, 2.75) is 58.8 Å². The van der Waals surface area contributed by atoms with Crippen LogP contribution < -0.4 is 10.8 Å². The molecule has 0 spiro atoms. The summed E-state index contributed by atoms with van der Waals surface area (Å²) in [5.74, 6) is -0.0425. The largest absolute Gasteiger partial charge is 0.496 e. The standard InChI is InChI=1S/C17H23BN2O3S/c1-10(20-11(2)21)14-9-13-15(24-14)12(7-8-19-13)18-22-16(3,4)17(5,6)23-18/h7-10H,1-6H3,(H,20,21). The van der Waals surface area contributed by atoms with Crippen LogP contribution in [0.2, 0.25) is 0 Å². The van der Waals surface area contributed by atoms with Gasteiger partial charge in [-0.05, 0) is 46.8 Å². The SMILES string of the molecule is CC(=O)NC(C)c1cc2nccc(B3OC(C)(C)C(C)(C)O3)c2s1. The van der Waals surface area contributed by atoms with Crippen molar-refractivity contribution in [1.29, 1.82) is 0 Å². The zero-order valence-corrected chi connectivity index (χ0v) is 15.8. The second-order valence-corrected chi connectivity index (χ2v) is 8.36. The van der Waals surface area contributed by atoms with Crippen LogP contribution in [0, 0.1) is 0 Å². The van der Waals surface area contributed by atoms with E-state index in [-0.39, 0.29) is 23.2 Å². The first-order valence-electron chi connectivity index (χ1n) is 8.12. The normalized spacial score (nSPS) is 20.3. The second-order valence-electron chi connectivity index (χ2n) is 7.27. The second kappa shape index (κ2) is 5.83. The molecule has 0 aromatic carbocycles. The van der Waals surface area contributed by atoms with E-state index in [0.717, 1.165) is 20.6 Å². The molecule has 0 bridgehead atoms. The minimum absolute atomic E-state index is 0.0425. The van der Waals surface area contributed by atoms with Crippen LogP contribution in [-0.4, -0.2) is 29.2 Å². The Labute approximate surface area is 146 Å². The first-order chi connectivity index (χ1) is 11.1. The molecule has 1 N–H and O–H groups in total. The van der Waals surface area contributed by atoms with E-state index < -0.39 is 7.12 Å². The lowest BCUT2D eigenvalue weighted by atomic mass is 9.79. The van der Waals surface area contributed by atoms with Gasteiger partial charge in [0.05, 0.1) is 27.5 Å². The number of aromatic nitrogens is 1. The Bertz CT molecular complexity index is 771. The van der Waals surface area contributed by atoms with Gasteiger partial charge in [0.15, 0.2) is 0 Å². The predicted molar refractivity (Wildman–Crippen MR) is 97.6 cm³/mol. The monoisotopic (exact) mass is 346 g/mol. The number of amides is 1. The average Bonchev–Trinajstić information content (AvgIpc) is 2.96. The molecule has 1 saturated heterocycles. The van der Waals surface area contributed by atoms with Crippen LogP contribution in [0.1, 0.15) is 52.5 Å². The fourth-order valence-corrected chi connectivity index (χ4v) is 3.86. The number of carbonyl (C=O) groups is 1. The molecule has 24 heavy (non-hydrogen) atoms.